The van der Waals surface area contributed by atoms with Crippen LogP contribution in [-0.2, 0) is 0 Å². The van der Waals surface area contributed by atoms with Gasteiger partial charge in [-0.2, -0.15) is 0 Å². The first kappa shape index (κ1) is 16.7. The van der Waals surface area contributed by atoms with Crippen molar-refractivity contribution in [3.05, 3.63) is 92.7 Å². The summed E-state index contributed by atoms with van der Waals surface area (Å²) in [7, 11) is 0. The quantitative estimate of drug-likeness (QED) is 0.362. The third kappa shape index (κ3) is 3.28. The van der Waals surface area contributed by atoms with Gasteiger partial charge in [-0.25, -0.2) is 0 Å². The van der Waals surface area contributed by atoms with Crippen molar-refractivity contribution >= 4 is 23.8 Å². The molecule has 0 spiro atoms. The highest BCUT2D eigenvalue weighted by Gasteiger charge is 2.07. The highest BCUT2D eigenvalue weighted by molar-refractivity contribution is 5.64. The maximum absolute atomic E-state index is 5.79. The van der Waals surface area contributed by atoms with Gasteiger partial charge in [-0.3, -0.25) is 0 Å². The van der Waals surface area contributed by atoms with Crippen molar-refractivity contribution in [3.8, 4) is 0 Å². The number of nitrogens with two attached hydrogens (primary N) is 1. The van der Waals surface area contributed by atoms with Gasteiger partial charge in [0.25, 0.3) is 0 Å². The first-order valence-electron chi connectivity index (χ1n) is 9.64. The van der Waals surface area contributed by atoms with E-state index in [-0.39, 0.29) is 0 Å². The molecule has 0 unspecified atom stereocenters. The number of fused-ring (bicyclic) bond motifs is 8. The van der Waals surface area contributed by atoms with Crippen molar-refractivity contribution in [1.29, 1.82) is 0 Å². The van der Waals surface area contributed by atoms with Crippen LogP contribution in [0.2, 0.25) is 0 Å². The van der Waals surface area contributed by atoms with Gasteiger partial charge in [0, 0.05) is 44.2 Å². The topological polar surface area (TPSA) is 89.2 Å². The summed E-state index contributed by atoms with van der Waals surface area (Å²) in [5.41, 5.74) is 11.4. The molecule has 0 fully saturated rings. The zero-order valence-corrected chi connectivity index (χ0v) is 15.5. The van der Waals surface area contributed by atoms with Gasteiger partial charge in [-0.15, -0.1) is 0 Å². The number of hydrogen-bond donors (Lipinski definition) is 5. The van der Waals surface area contributed by atoms with Gasteiger partial charge in [0.15, 0.2) is 0 Å². The van der Waals surface area contributed by atoms with Crippen molar-refractivity contribution in [2.45, 2.75) is 12.8 Å². The van der Waals surface area contributed by atoms with Crippen LogP contribution < -0.4 is 27.1 Å². The Labute approximate surface area is 162 Å². The van der Waals surface area contributed by atoms with E-state index >= 15 is 0 Å². The van der Waals surface area contributed by atoms with Crippen molar-refractivity contribution < 1.29 is 0 Å². The Morgan fingerprint density at radius 2 is 1.21 bits per heavy atom. The van der Waals surface area contributed by atoms with E-state index in [4.69, 9.17) is 5.73 Å². The number of aromatic nitrogens is 4. The lowest BCUT2D eigenvalue weighted by atomic mass is 10.1. The number of nitrogens with one attached hydrogen (secondary N) is 4. The third-order valence-corrected chi connectivity index (χ3v) is 5.09. The van der Waals surface area contributed by atoms with Crippen molar-refractivity contribution in [1.82, 2.24) is 19.9 Å². The highest BCUT2D eigenvalue weighted by atomic mass is 14.8. The van der Waals surface area contributed by atoms with Gasteiger partial charge >= 0.3 is 0 Å². The van der Waals surface area contributed by atoms with Gasteiger partial charge in [0.1, 0.15) is 0 Å². The SMILES string of the molecule is NCCCC1=c2ccc([nH]2)=Cc2ccc([nH]2)C=c2ccc([nH]2)=Cc2ccc1[nH]2. The first-order chi connectivity index (χ1) is 13.8. The van der Waals surface area contributed by atoms with Crippen LogP contribution in [0.5, 0.6) is 0 Å². The summed E-state index contributed by atoms with van der Waals surface area (Å²) < 4.78 is 0. The van der Waals surface area contributed by atoms with Crippen molar-refractivity contribution in [2.75, 3.05) is 6.54 Å². The smallest absolute Gasteiger partial charge is 0.0438 e. The standard InChI is InChI=1S/C23H23N5/c24-11-1-2-21-22-9-7-19(27-22)13-17-5-3-15(25-17)12-16-4-6-18(26-16)14-20-8-10-23(21)28-20/h3-10,12-14,25-28H,1-2,11,24H2. The lowest BCUT2D eigenvalue weighted by molar-refractivity contribution is 0.858. The molecule has 5 rings (SSSR count). The fourth-order valence-corrected chi connectivity index (χ4v) is 3.74. The summed E-state index contributed by atoms with van der Waals surface area (Å²) in [6, 6.07) is 16.9. The van der Waals surface area contributed by atoms with Crippen LogP contribution in [0.3, 0.4) is 0 Å². The molecule has 28 heavy (non-hydrogen) atoms. The predicted octanol–water partition coefficient (Wildman–Crippen LogP) is 0.737. The van der Waals surface area contributed by atoms with E-state index in [1.165, 1.54) is 5.57 Å². The molecule has 8 bridgehead atoms. The average molecular weight is 369 g/mol. The molecule has 5 nitrogen and oxygen atoms in total. The maximum atomic E-state index is 5.79. The van der Waals surface area contributed by atoms with Crippen LogP contribution >= 0.6 is 0 Å². The molecular weight excluding hydrogens is 346 g/mol. The minimum absolute atomic E-state index is 0.676. The number of hydrogen-bond acceptors (Lipinski definition) is 1. The number of H-pyrrole nitrogens is 4. The lowest BCUT2D eigenvalue weighted by Gasteiger charge is -2.04. The second kappa shape index (κ2) is 6.94. The fraction of sp³-hybridized carbons (Fsp3) is 0.130. The van der Waals surface area contributed by atoms with E-state index in [0.29, 0.717) is 6.54 Å². The summed E-state index contributed by atoms with van der Waals surface area (Å²) in [5.74, 6) is 0. The Bertz CT molecular complexity index is 1360. The van der Waals surface area contributed by atoms with Gasteiger partial charge in [-0.05, 0) is 91.7 Å². The molecule has 4 aromatic rings. The number of rotatable bonds is 3. The summed E-state index contributed by atoms with van der Waals surface area (Å²) in [4.78, 5) is 14.0. The molecule has 5 heteroatoms. The van der Waals surface area contributed by atoms with E-state index in [1.807, 2.05) is 0 Å². The van der Waals surface area contributed by atoms with E-state index in [1.54, 1.807) is 0 Å². The summed E-state index contributed by atoms with van der Waals surface area (Å²) in [5, 5.41) is 4.33. The third-order valence-electron chi connectivity index (χ3n) is 5.09. The summed E-state index contributed by atoms with van der Waals surface area (Å²) in [6.07, 6.45) is 8.23. The summed E-state index contributed by atoms with van der Waals surface area (Å²) >= 11 is 0. The normalized spacial score (nSPS) is 13.0. The fourth-order valence-electron chi connectivity index (χ4n) is 3.74. The summed E-state index contributed by atoms with van der Waals surface area (Å²) in [6.45, 7) is 0.676. The lowest BCUT2D eigenvalue weighted by Crippen LogP contribution is -2.15. The van der Waals surface area contributed by atoms with E-state index in [2.05, 4.69) is 86.7 Å². The Morgan fingerprint density at radius 1 is 0.607 bits per heavy atom. The molecule has 6 N–H and O–H groups in total. The molecule has 5 heterocycles. The zero-order chi connectivity index (χ0) is 18.9. The Morgan fingerprint density at radius 3 is 1.93 bits per heavy atom. The molecule has 4 aromatic heterocycles. The molecule has 0 aliphatic carbocycles. The van der Waals surface area contributed by atoms with Crippen LogP contribution in [-0.4, -0.2) is 26.5 Å². The largest absolute Gasteiger partial charge is 0.355 e. The van der Waals surface area contributed by atoms with Crippen molar-refractivity contribution in [2.24, 2.45) is 5.73 Å². The van der Waals surface area contributed by atoms with Crippen LogP contribution in [0.1, 0.15) is 35.6 Å². The van der Waals surface area contributed by atoms with Crippen LogP contribution in [0.25, 0.3) is 23.8 Å². The van der Waals surface area contributed by atoms with E-state index < -0.39 is 0 Å². The monoisotopic (exact) mass is 369 g/mol. The van der Waals surface area contributed by atoms with E-state index in [9.17, 15) is 0 Å². The Kier molecular flexibility index (Phi) is 4.14. The van der Waals surface area contributed by atoms with Gasteiger partial charge in [0.05, 0.1) is 0 Å². The molecule has 140 valence electrons. The molecule has 0 aromatic carbocycles. The van der Waals surface area contributed by atoms with E-state index in [0.717, 1.165) is 57.0 Å². The zero-order valence-electron chi connectivity index (χ0n) is 15.5. The molecule has 0 amide bonds. The van der Waals surface area contributed by atoms with Gasteiger partial charge in [0.2, 0.25) is 0 Å². The molecular formula is C23H23N5. The molecule has 1 aliphatic rings. The average Bonchev–Trinajstić information content (AvgIpc) is 3.46. The number of aromatic amines is 4. The minimum atomic E-state index is 0.676. The molecule has 0 radical (unpaired) electrons. The first-order valence-corrected chi connectivity index (χ1v) is 9.64. The maximum Gasteiger partial charge on any atom is 0.0438 e. The highest BCUT2D eigenvalue weighted by Crippen LogP contribution is 2.16. The molecule has 0 saturated carbocycles. The second-order valence-corrected chi connectivity index (χ2v) is 7.20. The van der Waals surface area contributed by atoms with Crippen LogP contribution in [0, 0.1) is 0 Å². The van der Waals surface area contributed by atoms with Crippen LogP contribution in [0.15, 0.2) is 48.5 Å². The van der Waals surface area contributed by atoms with Gasteiger partial charge in [-0.1, -0.05) is 0 Å². The molecule has 0 atom stereocenters. The van der Waals surface area contributed by atoms with Crippen LogP contribution in [0.4, 0.5) is 0 Å². The minimum Gasteiger partial charge on any atom is -0.355 e. The molecule has 0 saturated heterocycles. The second-order valence-electron chi connectivity index (χ2n) is 7.20. The van der Waals surface area contributed by atoms with Gasteiger partial charge < -0.3 is 25.7 Å². The Balaban J connectivity index is 1.77. The molecule has 1 aliphatic heterocycles. The predicted molar refractivity (Wildman–Crippen MR) is 113 cm³/mol. The Hall–Kier alpha value is -3.44. The van der Waals surface area contributed by atoms with Crippen molar-refractivity contribution in [3.63, 3.8) is 0 Å².